The first-order valence-electron chi connectivity index (χ1n) is 3.43. The monoisotopic (exact) mass is 176 g/mol. The van der Waals surface area contributed by atoms with Crippen molar-refractivity contribution in [2.75, 3.05) is 6.26 Å². The quantitative estimate of drug-likeness (QED) is 0.611. The molecule has 1 nitrogen and oxygen atoms in total. The van der Waals surface area contributed by atoms with E-state index in [1.54, 1.807) is 0 Å². The van der Waals surface area contributed by atoms with E-state index in [0.29, 0.717) is 4.75 Å². The van der Waals surface area contributed by atoms with Gasteiger partial charge in [-0.1, -0.05) is 29.9 Å². The van der Waals surface area contributed by atoms with E-state index < -0.39 is 0 Å². The average molecular weight is 176 g/mol. The molecule has 0 aliphatic heterocycles. The molecule has 0 bridgehead atoms. The molecule has 1 fully saturated rings. The SMILES string of the molecule is CSC(=O)SC1(C)CCC1. The van der Waals surface area contributed by atoms with Gasteiger partial charge in [-0.2, -0.15) is 0 Å². The molecule has 0 spiro atoms. The zero-order valence-corrected chi connectivity index (χ0v) is 7.98. The van der Waals surface area contributed by atoms with Crippen LogP contribution in [0.2, 0.25) is 0 Å². The maximum Gasteiger partial charge on any atom is 0.246 e. The van der Waals surface area contributed by atoms with Gasteiger partial charge in [0.05, 0.1) is 0 Å². The van der Waals surface area contributed by atoms with Crippen LogP contribution in [-0.4, -0.2) is 15.5 Å². The van der Waals surface area contributed by atoms with Crippen molar-refractivity contribution in [2.45, 2.75) is 30.9 Å². The highest BCUT2D eigenvalue weighted by Gasteiger charge is 2.34. The third-order valence-electron chi connectivity index (χ3n) is 1.91. The van der Waals surface area contributed by atoms with Crippen LogP contribution in [0.3, 0.4) is 0 Å². The fourth-order valence-corrected chi connectivity index (χ4v) is 2.85. The molecule has 0 aromatic carbocycles. The van der Waals surface area contributed by atoms with Crippen molar-refractivity contribution >= 4 is 28.0 Å². The summed E-state index contributed by atoms with van der Waals surface area (Å²) in [4.78, 5) is 10.9. The van der Waals surface area contributed by atoms with Gasteiger partial charge >= 0.3 is 0 Å². The highest BCUT2D eigenvalue weighted by Crippen LogP contribution is 2.45. The van der Waals surface area contributed by atoms with Crippen LogP contribution in [0.4, 0.5) is 4.79 Å². The number of rotatable bonds is 1. The summed E-state index contributed by atoms with van der Waals surface area (Å²) in [5.74, 6) is 0. The van der Waals surface area contributed by atoms with Crippen LogP contribution in [0.1, 0.15) is 26.2 Å². The molecule has 10 heavy (non-hydrogen) atoms. The molecule has 0 amide bonds. The minimum atomic E-state index is 0.266. The first-order valence-corrected chi connectivity index (χ1v) is 5.47. The highest BCUT2D eigenvalue weighted by molar-refractivity contribution is 8.38. The van der Waals surface area contributed by atoms with Crippen molar-refractivity contribution in [2.24, 2.45) is 0 Å². The van der Waals surface area contributed by atoms with Crippen LogP contribution in [0.5, 0.6) is 0 Å². The van der Waals surface area contributed by atoms with Crippen molar-refractivity contribution < 1.29 is 4.79 Å². The van der Waals surface area contributed by atoms with Crippen molar-refractivity contribution in [1.29, 1.82) is 0 Å². The molecule has 0 saturated heterocycles. The average Bonchev–Trinajstić information content (AvgIpc) is 1.84. The van der Waals surface area contributed by atoms with Crippen molar-refractivity contribution in [3.05, 3.63) is 0 Å². The largest absolute Gasteiger partial charge is 0.274 e. The molecule has 0 atom stereocenters. The van der Waals surface area contributed by atoms with Gasteiger partial charge in [-0.15, -0.1) is 0 Å². The van der Waals surface area contributed by atoms with Gasteiger partial charge in [-0.05, 0) is 26.0 Å². The summed E-state index contributed by atoms with van der Waals surface area (Å²) in [7, 11) is 0. The van der Waals surface area contributed by atoms with E-state index in [9.17, 15) is 4.79 Å². The molecule has 1 aliphatic rings. The smallest absolute Gasteiger partial charge is 0.246 e. The zero-order chi connectivity index (χ0) is 7.61. The summed E-state index contributed by atoms with van der Waals surface area (Å²) in [5.41, 5.74) is 0. The summed E-state index contributed by atoms with van der Waals surface area (Å²) in [5, 5.41) is 0. The second-order valence-electron chi connectivity index (χ2n) is 2.86. The van der Waals surface area contributed by atoms with Gasteiger partial charge in [0, 0.05) is 4.75 Å². The molecular weight excluding hydrogens is 164 g/mol. The lowest BCUT2D eigenvalue weighted by Crippen LogP contribution is -2.29. The van der Waals surface area contributed by atoms with Gasteiger partial charge in [-0.3, -0.25) is 4.79 Å². The van der Waals surface area contributed by atoms with E-state index in [-0.39, 0.29) is 4.45 Å². The third kappa shape index (κ3) is 1.92. The summed E-state index contributed by atoms with van der Waals surface area (Å²) in [6, 6.07) is 0. The summed E-state index contributed by atoms with van der Waals surface area (Å²) >= 11 is 2.84. The normalized spacial score (nSPS) is 21.8. The van der Waals surface area contributed by atoms with E-state index in [1.165, 1.54) is 42.8 Å². The van der Waals surface area contributed by atoms with Gasteiger partial charge < -0.3 is 0 Å². The van der Waals surface area contributed by atoms with E-state index in [4.69, 9.17) is 0 Å². The van der Waals surface area contributed by atoms with E-state index in [0.717, 1.165) is 0 Å². The van der Waals surface area contributed by atoms with Crippen LogP contribution in [0.15, 0.2) is 0 Å². The van der Waals surface area contributed by atoms with Crippen LogP contribution >= 0.6 is 23.5 Å². The van der Waals surface area contributed by atoms with Gasteiger partial charge in [0.15, 0.2) is 0 Å². The van der Waals surface area contributed by atoms with E-state index >= 15 is 0 Å². The Morgan fingerprint density at radius 1 is 1.50 bits per heavy atom. The molecule has 0 N–H and O–H groups in total. The minimum absolute atomic E-state index is 0.266. The van der Waals surface area contributed by atoms with Gasteiger partial charge in [0.1, 0.15) is 0 Å². The number of hydrogen-bond acceptors (Lipinski definition) is 3. The summed E-state index contributed by atoms with van der Waals surface area (Å²) in [6.07, 6.45) is 5.57. The van der Waals surface area contributed by atoms with Crippen molar-refractivity contribution in [1.82, 2.24) is 0 Å². The van der Waals surface area contributed by atoms with Gasteiger partial charge in [0.25, 0.3) is 0 Å². The molecule has 1 saturated carbocycles. The molecule has 1 rings (SSSR count). The second-order valence-corrected chi connectivity index (χ2v) is 5.46. The Hall–Kier alpha value is 0.370. The predicted octanol–water partition coefficient (Wildman–Crippen LogP) is 3.15. The Labute approximate surface area is 70.3 Å². The Balaban J connectivity index is 2.29. The highest BCUT2D eigenvalue weighted by atomic mass is 32.2. The van der Waals surface area contributed by atoms with Gasteiger partial charge in [0.2, 0.25) is 4.45 Å². The Kier molecular flexibility index (Phi) is 2.69. The van der Waals surface area contributed by atoms with Crippen LogP contribution in [-0.2, 0) is 0 Å². The molecule has 1 aliphatic carbocycles. The molecule has 0 heterocycles. The number of carbonyl (C=O) groups is 1. The minimum Gasteiger partial charge on any atom is -0.274 e. The lowest BCUT2D eigenvalue weighted by Gasteiger charge is -2.36. The predicted molar refractivity (Wildman–Crippen MR) is 48.8 cm³/mol. The first kappa shape index (κ1) is 8.47. The van der Waals surface area contributed by atoms with Crippen LogP contribution in [0, 0.1) is 0 Å². The van der Waals surface area contributed by atoms with Crippen LogP contribution < -0.4 is 0 Å². The number of hydrogen-bond donors (Lipinski definition) is 0. The Bertz CT molecular complexity index is 141. The first-order chi connectivity index (χ1) is 4.66. The Morgan fingerprint density at radius 3 is 2.40 bits per heavy atom. The van der Waals surface area contributed by atoms with Crippen molar-refractivity contribution in [3.63, 3.8) is 0 Å². The molecular formula is C7H12OS2. The lowest BCUT2D eigenvalue weighted by molar-refractivity contribution is 0.275. The number of carbonyl (C=O) groups excluding carboxylic acids is 1. The van der Waals surface area contributed by atoms with E-state index in [1.807, 2.05) is 6.26 Å². The van der Waals surface area contributed by atoms with Gasteiger partial charge in [-0.25, -0.2) is 0 Å². The summed E-state index contributed by atoms with van der Waals surface area (Å²) < 4.78 is 0.558. The fourth-order valence-electron chi connectivity index (χ4n) is 1.02. The molecule has 0 radical (unpaired) electrons. The lowest BCUT2D eigenvalue weighted by atomic mass is 9.86. The Morgan fingerprint density at radius 2 is 2.10 bits per heavy atom. The zero-order valence-electron chi connectivity index (χ0n) is 6.35. The topological polar surface area (TPSA) is 17.1 Å². The molecule has 3 heteroatoms. The maximum atomic E-state index is 10.9. The molecule has 0 unspecified atom stereocenters. The second kappa shape index (κ2) is 3.18. The van der Waals surface area contributed by atoms with Crippen LogP contribution in [0.25, 0.3) is 0 Å². The summed E-state index contributed by atoms with van der Waals surface area (Å²) in [6.45, 7) is 2.18. The molecule has 0 aromatic rings. The maximum absolute atomic E-state index is 10.9. The van der Waals surface area contributed by atoms with Crippen molar-refractivity contribution in [3.8, 4) is 0 Å². The van der Waals surface area contributed by atoms with E-state index in [2.05, 4.69) is 6.92 Å². The molecule has 58 valence electrons. The molecule has 0 aromatic heterocycles. The fraction of sp³-hybridized carbons (Fsp3) is 0.857. The third-order valence-corrected chi connectivity index (χ3v) is 4.06. The number of thioether (sulfide) groups is 2. The standard InChI is InChI=1S/C7H12OS2/c1-7(4-3-5-7)10-6(8)9-2/h3-5H2,1-2H3.